The van der Waals surface area contributed by atoms with Gasteiger partial charge in [-0.3, -0.25) is 4.79 Å². The molecule has 7 heteroatoms. The van der Waals surface area contributed by atoms with E-state index in [1.165, 1.54) is 5.56 Å². The van der Waals surface area contributed by atoms with Crippen LogP contribution in [-0.2, 0) is 21.4 Å². The van der Waals surface area contributed by atoms with E-state index < -0.39 is 10.2 Å². The monoisotopic (exact) mass is 391 g/mol. The normalized spacial score (nSPS) is 25.2. The van der Waals surface area contributed by atoms with Crippen LogP contribution in [0.1, 0.15) is 49.1 Å². The zero-order valence-corrected chi connectivity index (χ0v) is 16.7. The molecule has 1 aromatic rings. The predicted octanol–water partition coefficient (Wildman–Crippen LogP) is 1.98. The Morgan fingerprint density at radius 3 is 2.37 bits per heavy atom. The fourth-order valence-corrected chi connectivity index (χ4v) is 6.36. The number of hydrogen-bond donors (Lipinski definition) is 0. The van der Waals surface area contributed by atoms with Crippen molar-refractivity contribution in [2.24, 2.45) is 0 Å². The maximum Gasteiger partial charge on any atom is 0.282 e. The van der Waals surface area contributed by atoms with E-state index in [1.54, 1.807) is 8.61 Å². The molecule has 0 spiro atoms. The van der Waals surface area contributed by atoms with E-state index in [4.69, 9.17) is 0 Å². The van der Waals surface area contributed by atoms with Gasteiger partial charge < -0.3 is 4.90 Å². The van der Waals surface area contributed by atoms with Crippen LogP contribution in [-0.4, -0.2) is 67.1 Å². The van der Waals surface area contributed by atoms with Crippen molar-refractivity contribution >= 4 is 16.1 Å². The summed E-state index contributed by atoms with van der Waals surface area (Å²) in [6, 6.07) is 8.20. The molecule has 1 aliphatic carbocycles. The molecule has 0 N–H and O–H groups in total. The lowest BCUT2D eigenvalue weighted by molar-refractivity contribution is -0.132. The van der Waals surface area contributed by atoms with Gasteiger partial charge in [-0.05, 0) is 43.2 Å². The minimum atomic E-state index is -3.40. The van der Waals surface area contributed by atoms with Crippen molar-refractivity contribution in [3.63, 3.8) is 0 Å². The minimum absolute atomic E-state index is 0.0635. The lowest BCUT2D eigenvalue weighted by Crippen LogP contribution is -2.47. The zero-order valence-electron chi connectivity index (χ0n) is 15.8. The van der Waals surface area contributed by atoms with Gasteiger partial charge in [0.1, 0.15) is 0 Å². The standard InChI is InChI=1S/C20H29N3O3S/c24-20(19-10-9-17-7-2-3-8-18(17)19)21-11-6-14-23(16-15-21)27(25,26)22-12-4-1-5-13-22/h2-3,7-8,19H,1,4-6,9-16H2. The molecule has 1 unspecified atom stereocenters. The maximum atomic E-state index is 13.1. The summed E-state index contributed by atoms with van der Waals surface area (Å²) in [5.74, 6) is 0.101. The first-order valence-electron chi connectivity index (χ1n) is 10.2. The number of rotatable bonds is 3. The number of amides is 1. The van der Waals surface area contributed by atoms with E-state index in [-0.39, 0.29) is 11.8 Å². The van der Waals surface area contributed by atoms with Crippen molar-refractivity contribution in [1.82, 2.24) is 13.5 Å². The first kappa shape index (κ1) is 18.9. The fourth-order valence-electron chi connectivity index (χ4n) is 4.64. The van der Waals surface area contributed by atoms with Crippen molar-refractivity contribution in [1.29, 1.82) is 0 Å². The van der Waals surface area contributed by atoms with Crippen LogP contribution < -0.4 is 0 Å². The first-order chi connectivity index (χ1) is 13.1. The molecule has 2 heterocycles. The highest BCUT2D eigenvalue weighted by Gasteiger charge is 2.35. The van der Waals surface area contributed by atoms with Crippen molar-refractivity contribution in [3.05, 3.63) is 35.4 Å². The van der Waals surface area contributed by atoms with E-state index in [0.717, 1.165) is 37.7 Å². The molecule has 0 radical (unpaired) electrons. The average Bonchev–Trinajstić information content (AvgIpc) is 2.96. The van der Waals surface area contributed by atoms with Gasteiger partial charge in [-0.1, -0.05) is 30.7 Å². The third-order valence-corrected chi connectivity index (χ3v) is 8.20. The van der Waals surface area contributed by atoms with Gasteiger partial charge in [0.05, 0.1) is 5.92 Å². The third-order valence-electron chi connectivity index (χ3n) is 6.17. The molecule has 6 nitrogen and oxygen atoms in total. The van der Waals surface area contributed by atoms with Crippen molar-refractivity contribution in [3.8, 4) is 0 Å². The molecule has 2 aliphatic heterocycles. The number of piperidine rings is 1. The number of hydrogen-bond acceptors (Lipinski definition) is 3. The van der Waals surface area contributed by atoms with Gasteiger partial charge in [0.2, 0.25) is 5.91 Å². The lowest BCUT2D eigenvalue weighted by Gasteiger charge is -2.31. The maximum absolute atomic E-state index is 13.1. The summed E-state index contributed by atoms with van der Waals surface area (Å²) in [5, 5.41) is 0. The van der Waals surface area contributed by atoms with Gasteiger partial charge in [-0.2, -0.15) is 17.0 Å². The van der Waals surface area contributed by atoms with Gasteiger partial charge in [-0.25, -0.2) is 0 Å². The SMILES string of the molecule is O=C(C1CCc2ccccc21)N1CCCN(S(=O)(=O)N2CCCCC2)CC1. The summed E-state index contributed by atoms with van der Waals surface area (Å²) in [5.41, 5.74) is 2.43. The molecule has 4 rings (SSSR count). The summed E-state index contributed by atoms with van der Waals surface area (Å²) in [7, 11) is -3.40. The van der Waals surface area contributed by atoms with Gasteiger partial charge in [0, 0.05) is 39.3 Å². The second-order valence-corrected chi connectivity index (χ2v) is 9.76. The van der Waals surface area contributed by atoms with Crippen LogP contribution in [0.2, 0.25) is 0 Å². The third kappa shape index (κ3) is 3.77. The molecule has 148 valence electrons. The van der Waals surface area contributed by atoms with Gasteiger partial charge in [-0.15, -0.1) is 0 Å². The molecule has 3 aliphatic rings. The second-order valence-electron chi connectivity index (χ2n) is 7.84. The summed E-state index contributed by atoms with van der Waals surface area (Å²) < 4.78 is 29.1. The Bertz CT molecular complexity index is 789. The molecule has 2 saturated heterocycles. The largest absolute Gasteiger partial charge is 0.341 e. The lowest BCUT2D eigenvalue weighted by atomic mass is 10.00. The molecule has 1 amide bonds. The number of aryl methyl sites for hydroxylation is 1. The summed E-state index contributed by atoms with van der Waals surface area (Å²) in [6.07, 6.45) is 5.52. The molecular formula is C20H29N3O3S. The van der Waals surface area contributed by atoms with E-state index >= 15 is 0 Å². The van der Waals surface area contributed by atoms with E-state index in [1.807, 2.05) is 17.0 Å². The first-order valence-corrected chi connectivity index (χ1v) is 11.6. The smallest absolute Gasteiger partial charge is 0.282 e. The van der Waals surface area contributed by atoms with Gasteiger partial charge in [0.15, 0.2) is 0 Å². The Balaban J connectivity index is 1.42. The number of fused-ring (bicyclic) bond motifs is 1. The Kier molecular flexibility index (Phi) is 5.53. The quantitative estimate of drug-likeness (QED) is 0.792. The molecule has 0 bridgehead atoms. The highest BCUT2D eigenvalue weighted by Crippen LogP contribution is 2.34. The van der Waals surface area contributed by atoms with Crippen LogP contribution in [0.5, 0.6) is 0 Å². The second kappa shape index (κ2) is 7.89. The minimum Gasteiger partial charge on any atom is -0.341 e. The summed E-state index contributed by atoms with van der Waals surface area (Å²) in [6.45, 7) is 3.29. The highest BCUT2D eigenvalue weighted by molar-refractivity contribution is 7.86. The van der Waals surface area contributed by atoms with Gasteiger partial charge in [0.25, 0.3) is 10.2 Å². The van der Waals surface area contributed by atoms with Crippen LogP contribution in [0.15, 0.2) is 24.3 Å². The van der Waals surface area contributed by atoms with E-state index in [9.17, 15) is 13.2 Å². The van der Waals surface area contributed by atoms with Crippen LogP contribution in [0, 0.1) is 0 Å². The summed E-state index contributed by atoms with van der Waals surface area (Å²) >= 11 is 0. The fraction of sp³-hybridized carbons (Fsp3) is 0.650. The average molecular weight is 392 g/mol. The van der Waals surface area contributed by atoms with Crippen LogP contribution in [0.4, 0.5) is 0 Å². The number of carbonyl (C=O) groups excluding carboxylic acids is 1. The van der Waals surface area contributed by atoms with Crippen molar-refractivity contribution in [2.45, 2.75) is 44.4 Å². The molecule has 27 heavy (non-hydrogen) atoms. The molecule has 1 aromatic carbocycles. The van der Waals surface area contributed by atoms with Crippen LogP contribution in [0.25, 0.3) is 0 Å². The Hall–Kier alpha value is -1.44. The molecule has 2 fully saturated rings. The highest BCUT2D eigenvalue weighted by atomic mass is 32.2. The van der Waals surface area contributed by atoms with Crippen molar-refractivity contribution < 1.29 is 13.2 Å². The number of benzene rings is 1. The molecule has 0 saturated carbocycles. The van der Waals surface area contributed by atoms with E-state index in [0.29, 0.717) is 45.7 Å². The molecular weight excluding hydrogens is 362 g/mol. The Morgan fingerprint density at radius 1 is 0.852 bits per heavy atom. The number of nitrogens with zero attached hydrogens (tertiary/aromatic N) is 3. The number of carbonyl (C=O) groups is 1. The van der Waals surface area contributed by atoms with E-state index in [2.05, 4.69) is 12.1 Å². The zero-order chi connectivity index (χ0) is 18.9. The predicted molar refractivity (Wildman–Crippen MR) is 105 cm³/mol. The molecule has 1 atom stereocenters. The van der Waals surface area contributed by atoms with Crippen molar-refractivity contribution in [2.75, 3.05) is 39.3 Å². The topological polar surface area (TPSA) is 60.9 Å². The van der Waals surface area contributed by atoms with Crippen LogP contribution in [0.3, 0.4) is 0 Å². The Labute approximate surface area is 162 Å². The molecule has 0 aromatic heterocycles. The van der Waals surface area contributed by atoms with Crippen LogP contribution >= 0.6 is 0 Å². The summed E-state index contributed by atoms with van der Waals surface area (Å²) in [4.78, 5) is 15.0. The van der Waals surface area contributed by atoms with Gasteiger partial charge >= 0.3 is 0 Å². The Morgan fingerprint density at radius 2 is 1.56 bits per heavy atom.